The number of halogens is 1. The minimum Gasteiger partial charge on any atom is -0.316 e. The number of nitrogens with one attached hydrogen (secondary N) is 1. The molecule has 2 aliphatic rings. The Balaban J connectivity index is 0.000000605. The molecule has 0 aromatic rings. The van der Waals surface area contributed by atoms with E-state index in [4.69, 9.17) is 0 Å². The highest BCUT2D eigenvalue weighted by Crippen LogP contribution is 2.30. The van der Waals surface area contributed by atoms with Crippen LogP contribution in [0.3, 0.4) is 0 Å². The monoisotopic (exact) mass is 173 g/mol. The molecule has 0 aromatic heterocycles. The summed E-state index contributed by atoms with van der Waals surface area (Å²) in [5.41, 5.74) is 0. The Morgan fingerprint density at radius 1 is 1.00 bits per heavy atom. The molecule has 1 aliphatic heterocycles. The van der Waals surface area contributed by atoms with E-state index < -0.39 is 0 Å². The molecule has 0 aromatic carbocycles. The SMILES string of the molecule is C(=C\C1CCNC1)/C1CC1.Cl. The highest BCUT2D eigenvalue weighted by molar-refractivity contribution is 5.85. The average molecular weight is 174 g/mol. The summed E-state index contributed by atoms with van der Waals surface area (Å²) in [5.74, 6) is 1.81. The maximum absolute atomic E-state index is 3.37. The summed E-state index contributed by atoms with van der Waals surface area (Å²) in [5, 5.41) is 3.37. The summed E-state index contributed by atoms with van der Waals surface area (Å²) in [6.45, 7) is 2.43. The van der Waals surface area contributed by atoms with Gasteiger partial charge in [0.1, 0.15) is 0 Å². The highest BCUT2D eigenvalue weighted by Gasteiger charge is 2.18. The number of allylic oxidation sites excluding steroid dienone is 1. The van der Waals surface area contributed by atoms with Gasteiger partial charge >= 0.3 is 0 Å². The molecular formula is C9H16ClN. The van der Waals surface area contributed by atoms with Crippen LogP contribution in [0.25, 0.3) is 0 Å². The van der Waals surface area contributed by atoms with Gasteiger partial charge in [-0.25, -0.2) is 0 Å². The molecule has 2 fully saturated rings. The quantitative estimate of drug-likeness (QED) is 0.630. The van der Waals surface area contributed by atoms with Gasteiger partial charge in [0.2, 0.25) is 0 Å². The zero-order chi connectivity index (χ0) is 6.81. The van der Waals surface area contributed by atoms with Crippen LogP contribution in [0.5, 0.6) is 0 Å². The molecule has 1 saturated heterocycles. The third kappa shape index (κ3) is 2.84. The van der Waals surface area contributed by atoms with Crippen molar-refractivity contribution in [2.45, 2.75) is 19.3 Å². The second kappa shape index (κ2) is 4.13. The molecule has 2 heteroatoms. The van der Waals surface area contributed by atoms with Crippen LogP contribution in [0.1, 0.15) is 19.3 Å². The Morgan fingerprint density at radius 3 is 2.27 bits per heavy atom. The third-order valence-electron chi connectivity index (χ3n) is 2.38. The zero-order valence-corrected chi connectivity index (χ0v) is 7.57. The van der Waals surface area contributed by atoms with E-state index in [0.717, 1.165) is 11.8 Å². The largest absolute Gasteiger partial charge is 0.316 e. The normalized spacial score (nSPS) is 30.7. The Bertz CT molecular complexity index is 134. The second-order valence-corrected chi connectivity index (χ2v) is 3.48. The van der Waals surface area contributed by atoms with E-state index in [1.807, 2.05) is 0 Å². The van der Waals surface area contributed by atoms with E-state index in [9.17, 15) is 0 Å². The van der Waals surface area contributed by atoms with Gasteiger partial charge in [0.15, 0.2) is 0 Å². The van der Waals surface area contributed by atoms with E-state index >= 15 is 0 Å². The lowest BCUT2D eigenvalue weighted by molar-refractivity contribution is 0.723. The molecule has 1 nitrogen and oxygen atoms in total. The van der Waals surface area contributed by atoms with Gasteiger partial charge in [-0.3, -0.25) is 0 Å². The minimum absolute atomic E-state index is 0. The highest BCUT2D eigenvalue weighted by atomic mass is 35.5. The fourth-order valence-corrected chi connectivity index (χ4v) is 1.44. The van der Waals surface area contributed by atoms with Crippen molar-refractivity contribution in [3.63, 3.8) is 0 Å². The van der Waals surface area contributed by atoms with Crippen molar-refractivity contribution in [3.8, 4) is 0 Å². The molecule has 0 spiro atoms. The molecule has 1 saturated carbocycles. The van der Waals surface area contributed by atoms with Crippen LogP contribution in [-0.2, 0) is 0 Å². The van der Waals surface area contributed by atoms with Gasteiger partial charge in [0, 0.05) is 6.54 Å². The Kier molecular flexibility index (Phi) is 3.41. The molecule has 64 valence electrons. The molecule has 0 bridgehead atoms. The van der Waals surface area contributed by atoms with Crippen molar-refractivity contribution in [2.24, 2.45) is 11.8 Å². The first-order chi connectivity index (χ1) is 4.95. The average Bonchev–Trinajstić information content (AvgIpc) is 2.63. The molecule has 1 heterocycles. The van der Waals surface area contributed by atoms with Gasteiger partial charge in [-0.1, -0.05) is 12.2 Å². The van der Waals surface area contributed by atoms with E-state index in [2.05, 4.69) is 17.5 Å². The van der Waals surface area contributed by atoms with Crippen LogP contribution >= 0.6 is 12.4 Å². The van der Waals surface area contributed by atoms with Crippen molar-refractivity contribution in [1.29, 1.82) is 0 Å². The summed E-state index contributed by atoms with van der Waals surface area (Å²) < 4.78 is 0. The molecule has 1 aliphatic carbocycles. The number of rotatable bonds is 2. The van der Waals surface area contributed by atoms with E-state index in [1.54, 1.807) is 0 Å². The van der Waals surface area contributed by atoms with Crippen molar-refractivity contribution in [1.82, 2.24) is 5.32 Å². The number of hydrogen-bond donors (Lipinski definition) is 1. The lowest BCUT2D eigenvalue weighted by atomic mass is 10.1. The predicted molar refractivity (Wildman–Crippen MR) is 50.1 cm³/mol. The van der Waals surface area contributed by atoms with Gasteiger partial charge in [-0.2, -0.15) is 0 Å². The Morgan fingerprint density at radius 2 is 1.73 bits per heavy atom. The standard InChI is InChI=1S/C9H15N.ClH/c1-2-8(1)3-4-9-5-6-10-7-9;/h3-4,8-10H,1-2,5-7H2;1H/b4-3+;. The van der Waals surface area contributed by atoms with Gasteiger partial charge in [-0.05, 0) is 37.6 Å². The summed E-state index contributed by atoms with van der Waals surface area (Å²) in [6.07, 6.45) is 9.06. The summed E-state index contributed by atoms with van der Waals surface area (Å²) in [6, 6.07) is 0. The van der Waals surface area contributed by atoms with Crippen LogP contribution in [0.2, 0.25) is 0 Å². The van der Waals surface area contributed by atoms with E-state index in [0.29, 0.717) is 0 Å². The first kappa shape index (κ1) is 9.08. The van der Waals surface area contributed by atoms with Crippen molar-refractivity contribution < 1.29 is 0 Å². The smallest absolute Gasteiger partial charge is 0.00146 e. The first-order valence-corrected chi connectivity index (χ1v) is 4.34. The summed E-state index contributed by atoms with van der Waals surface area (Å²) in [4.78, 5) is 0. The molecule has 1 N–H and O–H groups in total. The van der Waals surface area contributed by atoms with Gasteiger partial charge in [0.25, 0.3) is 0 Å². The molecule has 1 atom stereocenters. The molecule has 2 rings (SSSR count). The molecule has 1 unspecified atom stereocenters. The Labute approximate surface area is 74.7 Å². The van der Waals surface area contributed by atoms with E-state index in [-0.39, 0.29) is 12.4 Å². The van der Waals surface area contributed by atoms with Crippen LogP contribution in [-0.4, -0.2) is 13.1 Å². The Hall–Kier alpha value is -0.0100. The minimum atomic E-state index is 0. The number of hydrogen-bond acceptors (Lipinski definition) is 1. The van der Waals surface area contributed by atoms with Crippen molar-refractivity contribution >= 4 is 12.4 Å². The van der Waals surface area contributed by atoms with Gasteiger partial charge in [0.05, 0.1) is 0 Å². The molecule has 0 amide bonds. The van der Waals surface area contributed by atoms with Crippen LogP contribution in [0.15, 0.2) is 12.2 Å². The molecular weight excluding hydrogens is 158 g/mol. The van der Waals surface area contributed by atoms with Crippen molar-refractivity contribution in [2.75, 3.05) is 13.1 Å². The third-order valence-corrected chi connectivity index (χ3v) is 2.38. The maximum Gasteiger partial charge on any atom is 0.00146 e. The maximum atomic E-state index is 3.37. The predicted octanol–water partition coefficient (Wildman–Crippen LogP) is 1.98. The fraction of sp³-hybridized carbons (Fsp3) is 0.778. The zero-order valence-electron chi connectivity index (χ0n) is 6.75. The van der Waals surface area contributed by atoms with Crippen molar-refractivity contribution in [3.05, 3.63) is 12.2 Å². The fourth-order valence-electron chi connectivity index (χ4n) is 1.44. The van der Waals surface area contributed by atoms with Gasteiger partial charge in [-0.15, -0.1) is 12.4 Å². The lowest BCUT2D eigenvalue weighted by Crippen LogP contribution is -2.07. The first-order valence-electron chi connectivity index (χ1n) is 4.34. The van der Waals surface area contributed by atoms with E-state index in [1.165, 1.54) is 32.4 Å². The van der Waals surface area contributed by atoms with Gasteiger partial charge < -0.3 is 5.32 Å². The second-order valence-electron chi connectivity index (χ2n) is 3.48. The van der Waals surface area contributed by atoms with Crippen LogP contribution < -0.4 is 5.32 Å². The van der Waals surface area contributed by atoms with Crippen LogP contribution in [0.4, 0.5) is 0 Å². The molecule has 0 radical (unpaired) electrons. The topological polar surface area (TPSA) is 12.0 Å². The summed E-state index contributed by atoms with van der Waals surface area (Å²) >= 11 is 0. The molecule has 11 heavy (non-hydrogen) atoms. The summed E-state index contributed by atoms with van der Waals surface area (Å²) in [7, 11) is 0. The van der Waals surface area contributed by atoms with Crippen LogP contribution in [0, 0.1) is 11.8 Å². The lowest BCUT2D eigenvalue weighted by Gasteiger charge is -1.97.